The molecule has 0 radical (unpaired) electrons. The molecule has 4 aliphatic rings. The van der Waals surface area contributed by atoms with Gasteiger partial charge in [0.1, 0.15) is 0 Å². The molecule has 4 fully saturated rings. The lowest BCUT2D eigenvalue weighted by Crippen LogP contribution is -2.71. The van der Waals surface area contributed by atoms with E-state index in [4.69, 9.17) is 4.43 Å². The van der Waals surface area contributed by atoms with Crippen LogP contribution in [0.15, 0.2) is 91.0 Å². The maximum absolute atomic E-state index is 11.1. The van der Waals surface area contributed by atoms with E-state index < -0.39 is 8.32 Å². The van der Waals surface area contributed by atoms with Gasteiger partial charge < -0.3 is 14.6 Å². The minimum absolute atomic E-state index is 0.00804. The van der Waals surface area contributed by atoms with Crippen LogP contribution in [-0.4, -0.2) is 37.3 Å². The molecule has 3 aromatic rings. The first kappa shape index (κ1) is 27.6. The molecule has 4 saturated carbocycles. The lowest BCUT2D eigenvalue weighted by molar-refractivity contribution is -0.156. The number of rotatable bonds is 6. The zero-order valence-corrected chi connectivity index (χ0v) is 25.5. The predicted octanol–water partition coefficient (Wildman–Crippen LogP) is 5.41. The van der Waals surface area contributed by atoms with Gasteiger partial charge >= 0.3 is 0 Å². The monoisotopic (exact) mass is 566 g/mol. The van der Waals surface area contributed by atoms with Gasteiger partial charge in [-0.3, -0.25) is 0 Å². The summed E-state index contributed by atoms with van der Waals surface area (Å²) in [6.45, 7) is 2.66. The van der Waals surface area contributed by atoms with Gasteiger partial charge in [0.15, 0.2) is 0 Å². The van der Waals surface area contributed by atoms with Crippen LogP contribution in [0.5, 0.6) is 0 Å². The third-order valence-corrected chi connectivity index (χ3v) is 16.6. The molecular formula is C37H46O3Si. The highest BCUT2D eigenvalue weighted by Gasteiger charge is 2.61. The zero-order chi connectivity index (χ0) is 28.1. The molecule has 0 heterocycles. The van der Waals surface area contributed by atoms with Crippen molar-refractivity contribution in [2.45, 2.75) is 76.9 Å². The molecule has 4 aliphatic carbocycles. The third-order valence-electron chi connectivity index (χ3n) is 12.4. The maximum Gasteiger partial charge on any atom is 0.288 e. The quantitative estimate of drug-likeness (QED) is 0.310. The second-order valence-electron chi connectivity index (χ2n) is 14.0. The van der Waals surface area contributed by atoms with E-state index >= 15 is 0 Å². The van der Waals surface area contributed by atoms with Gasteiger partial charge in [0.2, 0.25) is 0 Å². The summed E-state index contributed by atoms with van der Waals surface area (Å²) in [5.41, 5.74) is 0.0886. The first-order valence-electron chi connectivity index (χ1n) is 16.1. The van der Waals surface area contributed by atoms with Crippen LogP contribution in [0.1, 0.15) is 64.7 Å². The van der Waals surface area contributed by atoms with E-state index in [-0.39, 0.29) is 23.0 Å². The minimum atomic E-state index is -2.76. The van der Waals surface area contributed by atoms with Crippen LogP contribution in [0, 0.1) is 34.5 Å². The van der Waals surface area contributed by atoms with Crippen LogP contribution in [-0.2, 0) is 4.43 Å². The summed E-state index contributed by atoms with van der Waals surface area (Å²) < 4.78 is 7.64. The molecule has 0 spiro atoms. The zero-order valence-electron chi connectivity index (χ0n) is 24.5. The van der Waals surface area contributed by atoms with E-state index in [0.717, 1.165) is 44.9 Å². The molecule has 4 heteroatoms. The Labute approximate surface area is 247 Å². The van der Waals surface area contributed by atoms with E-state index in [9.17, 15) is 10.2 Å². The molecule has 216 valence electrons. The number of hydrogen-bond acceptors (Lipinski definition) is 3. The predicted molar refractivity (Wildman–Crippen MR) is 168 cm³/mol. The molecule has 0 bridgehead atoms. The fourth-order valence-corrected chi connectivity index (χ4v) is 14.5. The highest BCUT2D eigenvalue weighted by molar-refractivity contribution is 7.07. The Morgan fingerprint density at radius 2 is 1.29 bits per heavy atom. The average molecular weight is 567 g/mol. The van der Waals surface area contributed by atoms with Crippen LogP contribution in [0.25, 0.3) is 0 Å². The van der Waals surface area contributed by atoms with Crippen LogP contribution >= 0.6 is 0 Å². The van der Waals surface area contributed by atoms with E-state index in [1.165, 1.54) is 28.4 Å². The number of hydrogen-bond donors (Lipinski definition) is 2. The van der Waals surface area contributed by atoms with Gasteiger partial charge in [-0.15, -0.1) is 0 Å². The lowest BCUT2D eigenvalue weighted by Gasteiger charge is -2.61. The molecule has 8 atom stereocenters. The van der Waals surface area contributed by atoms with Crippen molar-refractivity contribution >= 4 is 23.9 Å². The average Bonchev–Trinajstić information content (AvgIpc) is 3.34. The van der Waals surface area contributed by atoms with Crippen LogP contribution in [0.2, 0.25) is 0 Å². The van der Waals surface area contributed by atoms with Gasteiger partial charge in [0.25, 0.3) is 8.32 Å². The summed E-state index contributed by atoms with van der Waals surface area (Å²) in [5.74, 6) is 2.34. The fourth-order valence-electron chi connectivity index (χ4n) is 10.4. The van der Waals surface area contributed by atoms with E-state index in [1.54, 1.807) is 0 Å². The first-order chi connectivity index (χ1) is 20.0. The largest absolute Gasteiger partial charge is 0.401 e. The summed E-state index contributed by atoms with van der Waals surface area (Å²) in [6.07, 6.45) is 9.94. The van der Waals surface area contributed by atoms with Gasteiger partial charge in [-0.05, 0) is 108 Å². The molecular weight excluding hydrogens is 520 g/mol. The second kappa shape index (κ2) is 10.8. The Morgan fingerprint density at radius 1 is 0.707 bits per heavy atom. The van der Waals surface area contributed by atoms with Crippen molar-refractivity contribution in [3.8, 4) is 0 Å². The molecule has 0 aromatic heterocycles. The fraction of sp³-hybridized carbons (Fsp3) is 0.514. The molecule has 7 rings (SSSR count). The van der Waals surface area contributed by atoms with E-state index in [1.807, 2.05) is 0 Å². The highest BCUT2D eigenvalue weighted by atomic mass is 28.4. The molecule has 41 heavy (non-hydrogen) atoms. The summed E-state index contributed by atoms with van der Waals surface area (Å²) in [6, 6.07) is 32.9. The molecule has 1 unspecified atom stereocenters. The third kappa shape index (κ3) is 4.32. The summed E-state index contributed by atoms with van der Waals surface area (Å²) in [5, 5.41) is 25.9. The maximum atomic E-state index is 11.1. The van der Waals surface area contributed by atoms with Gasteiger partial charge in [-0.2, -0.15) is 0 Å². The summed E-state index contributed by atoms with van der Waals surface area (Å²) in [4.78, 5) is 0. The number of aliphatic hydroxyl groups is 2. The van der Waals surface area contributed by atoms with Gasteiger partial charge in [0.05, 0.1) is 6.10 Å². The lowest BCUT2D eigenvalue weighted by atomic mass is 9.44. The SMILES string of the molecule is C[C@]12CC[C@H]3[C@@H](CC[C@H]4C[C@@H](O[Si](c5ccccc5)(c5ccccc5)c5ccccc5)CC[C@@]43CO)[C@@H]1CCC2O. The van der Waals surface area contributed by atoms with Gasteiger partial charge in [-0.25, -0.2) is 0 Å². The number of benzene rings is 3. The number of aliphatic hydroxyl groups excluding tert-OH is 2. The molecule has 3 nitrogen and oxygen atoms in total. The van der Waals surface area contributed by atoms with Gasteiger partial charge in [-0.1, -0.05) is 97.9 Å². The molecule has 0 saturated heterocycles. The van der Waals surface area contributed by atoms with Crippen molar-refractivity contribution in [3.05, 3.63) is 91.0 Å². The molecule has 2 N–H and O–H groups in total. The van der Waals surface area contributed by atoms with Crippen molar-refractivity contribution in [1.82, 2.24) is 0 Å². The van der Waals surface area contributed by atoms with Crippen molar-refractivity contribution in [2.75, 3.05) is 6.61 Å². The Kier molecular flexibility index (Phi) is 7.26. The Bertz CT molecular complexity index is 1220. The second-order valence-corrected chi connectivity index (χ2v) is 17.3. The Hall–Kier alpha value is -2.24. The minimum Gasteiger partial charge on any atom is -0.401 e. The Morgan fingerprint density at radius 3 is 1.85 bits per heavy atom. The first-order valence-corrected chi connectivity index (χ1v) is 18.1. The normalized spacial score (nSPS) is 36.7. The van der Waals surface area contributed by atoms with Crippen molar-refractivity contribution in [2.24, 2.45) is 34.5 Å². The summed E-state index contributed by atoms with van der Waals surface area (Å²) in [7, 11) is -2.76. The molecule has 0 aliphatic heterocycles. The topological polar surface area (TPSA) is 49.7 Å². The van der Waals surface area contributed by atoms with Crippen LogP contribution in [0.4, 0.5) is 0 Å². The van der Waals surface area contributed by atoms with Crippen LogP contribution < -0.4 is 15.6 Å². The Balaban J connectivity index is 1.22. The smallest absolute Gasteiger partial charge is 0.288 e. The van der Waals surface area contributed by atoms with Crippen LogP contribution in [0.3, 0.4) is 0 Å². The van der Waals surface area contributed by atoms with Crippen molar-refractivity contribution in [3.63, 3.8) is 0 Å². The summed E-state index contributed by atoms with van der Waals surface area (Å²) >= 11 is 0. The standard InChI is InChI=1S/C37H46O3Si/c1-36-23-22-34-32(33(36)19-20-35(36)39)18-17-27-25-28(21-24-37(27,34)26-38)40-41(29-11-5-2-6-12-29,30-13-7-3-8-14-30)31-15-9-4-10-16-31/h2-16,27-28,32-35,38-39H,17-26H2,1H3/t27-,28-,32-,33-,34-,35?,36-,37+/m0/s1. The number of fused-ring (bicyclic) bond motifs is 5. The van der Waals surface area contributed by atoms with Crippen molar-refractivity contribution < 1.29 is 14.6 Å². The van der Waals surface area contributed by atoms with Gasteiger partial charge in [0, 0.05) is 12.7 Å². The molecule has 0 amide bonds. The molecule has 3 aromatic carbocycles. The van der Waals surface area contributed by atoms with Crippen molar-refractivity contribution in [1.29, 1.82) is 0 Å². The highest BCUT2D eigenvalue weighted by Crippen LogP contribution is 2.66. The van der Waals surface area contributed by atoms with E-state index in [0.29, 0.717) is 30.3 Å². The van der Waals surface area contributed by atoms with E-state index in [2.05, 4.69) is 97.9 Å².